The number of benzene rings is 1. The molecule has 2 aliphatic rings. The Kier molecular flexibility index (Phi) is 2.67. The van der Waals surface area contributed by atoms with Crippen molar-refractivity contribution in [2.24, 2.45) is 0 Å². The first kappa shape index (κ1) is 12.3. The summed E-state index contributed by atoms with van der Waals surface area (Å²) in [6.45, 7) is 0. The molecule has 3 rings (SSSR count). The number of halogens is 1. The highest BCUT2D eigenvalue weighted by atomic mass is 35.5. The first-order valence-corrected chi connectivity index (χ1v) is 6.38. The molecule has 0 bridgehead atoms. The van der Waals surface area contributed by atoms with Gasteiger partial charge in [0.1, 0.15) is 0 Å². The Balaban J connectivity index is 1.98. The molecular formula is C13H11ClO5. The number of carboxylic acid groups (broad SMARTS) is 1. The fraction of sp³-hybridized carbons (Fsp3) is 0.385. The third-order valence-electron chi connectivity index (χ3n) is 3.43. The first-order chi connectivity index (χ1) is 9.01. The largest absolute Gasteiger partial charge is 0.475 e. The standard InChI is InChI=1S/C13H11ClO5/c14-8-6-10-9(5-7(8)11(15)12(16)17)18-13(19-10)3-1-2-4-13/h5-6H,1-4H2,(H,16,17). The molecule has 0 saturated heterocycles. The van der Waals surface area contributed by atoms with Crippen molar-refractivity contribution in [3.05, 3.63) is 22.7 Å². The van der Waals surface area contributed by atoms with E-state index in [1.54, 1.807) is 0 Å². The van der Waals surface area contributed by atoms with E-state index in [9.17, 15) is 9.59 Å². The van der Waals surface area contributed by atoms with Gasteiger partial charge in [-0.15, -0.1) is 0 Å². The van der Waals surface area contributed by atoms with Crippen molar-refractivity contribution in [2.45, 2.75) is 31.5 Å². The second-order valence-electron chi connectivity index (χ2n) is 4.73. The summed E-state index contributed by atoms with van der Waals surface area (Å²) in [5, 5.41) is 8.79. The number of Topliss-reactive ketones (excluding diaryl/α,β-unsaturated/α-hetero) is 1. The molecule has 0 amide bonds. The van der Waals surface area contributed by atoms with Crippen LogP contribution in [-0.2, 0) is 4.79 Å². The third-order valence-corrected chi connectivity index (χ3v) is 3.74. The van der Waals surface area contributed by atoms with Gasteiger partial charge in [0.2, 0.25) is 0 Å². The lowest BCUT2D eigenvalue weighted by Crippen LogP contribution is -2.34. The van der Waals surface area contributed by atoms with E-state index >= 15 is 0 Å². The Morgan fingerprint density at radius 2 is 1.74 bits per heavy atom. The number of carbonyl (C=O) groups excluding carboxylic acids is 1. The summed E-state index contributed by atoms with van der Waals surface area (Å²) in [6, 6.07) is 2.79. The summed E-state index contributed by atoms with van der Waals surface area (Å²) < 4.78 is 11.5. The molecule has 5 nitrogen and oxygen atoms in total. The minimum Gasteiger partial charge on any atom is -0.475 e. The Labute approximate surface area is 114 Å². The lowest BCUT2D eigenvalue weighted by Gasteiger charge is -2.21. The summed E-state index contributed by atoms with van der Waals surface area (Å²) in [5.41, 5.74) is -0.0773. The number of hydrogen-bond donors (Lipinski definition) is 1. The molecule has 1 heterocycles. The van der Waals surface area contributed by atoms with Gasteiger partial charge in [-0.2, -0.15) is 0 Å². The average molecular weight is 283 g/mol. The normalized spacial score (nSPS) is 18.8. The summed E-state index contributed by atoms with van der Waals surface area (Å²) in [4.78, 5) is 22.2. The van der Waals surface area contributed by atoms with E-state index in [0.29, 0.717) is 11.5 Å². The Morgan fingerprint density at radius 3 is 2.32 bits per heavy atom. The van der Waals surface area contributed by atoms with Gasteiger partial charge in [-0.3, -0.25) is 4.79 Å². The molecule has 0 radical (unpaired) electrons. The van der Waals surface area contributed by atoms with Crippen LogP contribution in [0.4, 0.5) is 0 Å². The van der Waals surface area contributed by atoms with Crippen LogP contribution in [0.2, 0.25) is 5.02 Å². The van der Waals surface area contributed by atoms with Crippen LogP contribution >= 0.6 is 11.6 Å². The minimum absolute atomic E-state index is 0.0600. The highest BCUT2D eigenvalue weighted by Crippen LogP contribution is 2.48. The van der Waals surface area contributed by atoms with Gasteiger partial charge < -0.3 is 14.6 Å². The SMILES string of the molecule is O=C(O)C(=O)c1cc2c(cc1Cl)OC1(CCCC1)O2. The van der Waals surface area contributed by atoms with E-state index < -0.39 is 17.5 Å². The van der Waals surface area contributed by atoms with Crippen LogP contribution < -0.4 is 9.47 Å². The van der Waals surface area contributed by atoms with Crippen molar-refractivity contribution >= 4 is 23.4 Å². The number of aliphatic carboxylic acids is 1. The van der Waals surface area contributed by atoms with Gasteiger partial charge in [0.15, 0.2) is 11.5 Å². The van der Waals surface area contributed by atoms with Gasteiger partial charge in [-0.05, 0) is 18.9 Å². The predicted molar refractivity (Wildman–Crippen MR) is 65.9 cm³/mol. The summed E-state index contributed by atoms with van der Waals surface area (Å²) >= 11 is 5.92. The molecule has 1 N–H and O–H groups in total. The van der Waals surface area contributed by atoms with E-state index in [1.165, 1.54) is 12.1 Å². The fourth-order valence-electron chi connectivity index (χ4n) is 2.52. The van der Waals surface area contributed by atoms with Crippen LogP contribution in [0.1, 0.15) is 36.0 Å². The zero-order valence-corrected chi connectivity index (χ0v) is 10.7. The maximum Gasteiger partial charge on any atom is 0.377 e. The van der Waals surface area contributed by atoms with E-state index in [1.807, 2.05) is 0 Å². The van der Waals surface area contributed by atoms with Crippen molar-refractivity contribution in [1.82, 2.24) is 0 Å². The molecule has 6 heteroatoms. The van der Waals surface area contributed by atoms with E-state index in [2.05, 4.69) is 0 Å². The van der Waals surface area contributed by atoms with Crippen molar-refractivity contribution < 1.29 is 24.2 Å². The van der Waals surface area contributed by atoms with E-state index in [-0.39, 0.29) is 10.6 Å². The molecule has 1 aliphatic heterocycles. The van der Waals surface area contributed by atoms with Gasteiger partial charge in [-0.1, -0.05) is 11.6 Å². The van der Waals surface area contributed by atoms with Crippen LogP contribution in [-0.4, -0.2) is 22.6 Å². The van der Waals surface area contributed by atoms with Gasteiger partial charge >= 0.3 is 5.97 Å². The summed E-state index contributed by atoms with van der Waals surface area (Å²) in [5.74, 6) is -2.40. The predicted octanol–water partition coefficient (Wildman–Crippen LogP) is 2.65. The van der Waals surface area contributed by atoms with E-state index in [4.69, 9.17) is 26.2 Å². The van der Waals surface area contributed by atoms with Crippen LogP contribution in [0.3, 0.4) is 0 Å². The van der Waals surface area contributed by atoms with Crippen LogP contribution in [0.15, 0.2) is 12.1 Å². The van der Waals surface area contributed by atoms with Gasteiger partial charge in [0.25, 0.3) is 11.6 Å². The van der Waals surface area contributed by atoms with E-state index in [0.717, 1.165) is 25.7 Å². The second-order valence-corrected chi connectivity index (χ2v) is 5.14. The molecule has 1 saturated carbocycles. The average Bonchev–Trinajstić information content (AvgIpc) is 2.94. The maximum absolute atomic E-state index is 11.5. The molecular weight excluding hydrogens is 272 g/mol. The number of fused-ring (bicyclic) bond motifs is 1. The topological polar surface area (TPSA) is 72.8 Å². The third kappa shape index (κ3) is 1.94. The lowest BCUT2D eigenvalue weighted by molar-refractivity contribution is -0.131. The molecule has 1 spiro atoms. The molecule has 1 fully saturated rings. The molecule has 1 aromatic carbocycles. The molecule has 1 aliphatic carbocycles. The highest BCUT2D eigenvalue weighted by Gasteiger charge is 2.44. The zero-order valence-electron chi connectivity index (χ0n) is 9.94. The van der Waals surface area contributed by atoms with Crippen LogP contribution in [0.25, 0.3) is 0 Å². The second kappa shape index (κ2) is 4.13. The van der Waals surface area contributed by atoms with Crippen molar-refractivity contribution in [1.29, 1.82) is 0 Å². The molecule has 1 aromatic rings. The number of carbonyl (C=O) groups is 2. The first-order valence-electron chi connectivity index (χ1n) is 6.00. The highest BCUT2D eigenvalue weighted by molar-refractivity contribution is 6.45. The van der Waals surface area contributed by atoms with Crippen LogP contribution in [0.5, 0.6) is 11.5 Å². The Bertz CT molecular complexity index is 575. The molecule has 0 unspecified atom stereocenters. The molecule has 0 aromatic heterocycles. The minimum atomic E-state index is -1.55. The number of rotatable bonds is 2. The van der Waals surface area contributed by atoms with Crippen molar-refractivity contribution in [3.8, 4) is 11.5 Å². The number of ketones is 1. The number of carboxylic acids is 1. The monoisotopic (exact) mass is 282 g/mol. The van der Waals surface area contributed by atoms with Gasteiger partial charge in [0.05, 0.1) is 10.6 Å². The van der Waals surface area contributed by atoms with Gasteiger partial charge in [0, 0.05) is 18.9 Å². The zero-order chi connectivity index (χ0) is 13.6. The number of ether oxygens (including phenoxy) is 2. The molecule has 100 valence electrons. The summed E-state index contributed by atoms with van der Waals surface area (Å²) in [6.07, 6.45) is 3.59. The summed E-state index contributed by atoms with van der Waals surface area (Å²) in [7, 11) is 0. The molecule has 19 heavy (non-hydrogen) atoms. The Hall–Kier alpha value is -1.75. The van der Waals surface area contributed by atoms with Crippen molar-refractivity contribution in [2.75, 3.05) is 0 Å². The molecule has 0 atom stereocenters. The van der Waals surface area contributed by atoms with Crippen molar-refractivity contribution in [3.63, 3.8) is 0 Å². The van der Waals surface area contributed by atoms with Gasteiger partial charge in [-0.25, -0.2) is 4.79 Å². The number of hydrogen-bond acceptors (Lipinski definition) is 4. The fourth-order valence-corrected chi connectivity index (χ4v) is 2.76. The smallest absolute Gasteiger partial charge is 0.377 e. The lowest BCUT2D eigenvalue weighted by atomic mass is 10.1. The van der Waals surface area contributed by atoms with Crippen LogP contribution in [0, 0.1) is 0 Å². The quantitative estimate of drug-likeness (QED) is 0.667. The maximum atomic E-state index is 11.5. The Morgan fingerprint density at radius 1 is 1.16 bits per heavy atom.